The van der Waals surface area contributed by atoms with E-state index in [1.54, 1.807) is 12.1 Å². The normalized spacial score (nSPS) is 10.1. The quantitative estimate of drug-likeness (QED) is 0.754. The molecule has 9 heteroatoms. The van der Waals surface area contributed by atoms with E-state index in [4.69, 9.17) is 9.63 Å². The Kier molecular flexibility index (Phi) is 4.88. The van der Waals surface area contributed by atoms with Gasteiger partial charge in [0.05, 0.1) is 11.3 Å². The second-order valence-corrected chi connectivity index (χ2v) is 4.79. The van der Waals surface area contributed by atoms with Crippen LogP contribution >= 0.6 is 15.9 Å². The molecular weight excluding hydrogens is 344 g/mol. The van der Waals surface area contributed by atoms with Gasteiger partial charge in [-0.05, 0) is 28.1 Å². The number of carbonyl (C=O) groups excluding carboxylic acids is 1. The number of carboxylic acid groups (broad SMARTS) is 1. The SMILES string of the molecule is O=C(NCCc1ncno1)Nc1c(Br)cccc1C(=O)O. The molecule has 1 heterocycles. The van der Waals surface area contributed by atoms with Crippen LogP contribution in [-0.4, -0.2) is 33.8 Å². The molecule has 1 aromatic heterocycles. The molecule has 21 heavy (non-hydrogen) atoms. The Hall–Kier alpha value is -2.42. The summed E-state index contributed by atoms with van der Waals surface area (Å²) in [6.45, 7) is 0.279. The summed E-state index contributed by atoms with van der Waals surface area (Å²) in [7, 11) is 0. The van der Waals surface area contributed by atoms with Gasteiger partial charge in [0, 0.05) is 17.4 Å². The van der Waals surface area contributed by atoms with E-state index in [9.17, 15) is 9.59 Å². The molecular formula is C12H11BrN4O4. The van der Waals surface area contributed by atoms with E-state index >= 15 is 0 Å². The standard InChI is InChI=1S/C12H11BrN4O4/c13-8-3-1-2-7(11(18)19)10(8)17-12(20)14-5-4-9-15-6-16-21-9/h1-3,6H,4-5H2,(H,18,19)(H2,14,17,20). The second-order valence-electron chi connectivity index (χ2n) is 3.93. The van der Waals surface area contributed by atoms with E-state index in [1.807, 2.05) is 0 Å². The Morgan fingerprint density at radius 1 is 1.38 bits per heavy atom. The highest BCUT2D eigenvalue weighted by molar-refractivity contribution is 9.10. The zero-order valence-corrected chi connectivity index (χ0v) is 12.3. The number of amides is 2. The molecule has 0 bridgehead atoms. The first kappa shape index (κ1) is 15.0. The van der Waals surface area contributed by atoms with Gasteiger partial charge in [0.1, 0.15) is 0 Å². The largest absolute Gasteiger partial charge is 0.478 e. The van der Waals surface area contributed by atoms with Crippen LogP contribution in [0.15, 0.2) is 33.5 Å². The molecule has 2 rings (SSSR count). The highest BCUT2D eigenvalue weighted by atomic mass is 79.9. The van der Waals surface area contributed by atoms with Crippen molar-refractivity contribution >= 4 is 33.6 Å². The number of aromatic nitrogens is 2. The lowest BCUT2D eigenvalue weighted by atomic mass is 10.2. The summed E-state index contributed by atoms with van der Waals surface area (Å²) in [5.74, 6) is -0.722. The number of hydrogen-bond acceptors (Lipinski definition) is 5. The van der Waals surface area contributed by atoms with Gasteiger partial charge >= 0.3 is 12.0 Å². The maximum atomic E-state index is 11.8. The number of anilines is 1. The minimum absolute atomic E-state index is 0.00331. The molecule has 0 aliphatic heterocycles. The van der Waals surface area contributed by atoms with Gasteiger partial charge in [-0.3, -0.25) is 0 Å². The topological polar surface area (TPSA) is 117 Å². The molecule has 1 aromatic carbocycles. The molecule has 3 N–H and O–H groups in total. The van der Waals surface area contributed by atoms with Gasteiger partial charge < -0.3 is 20.3 Å². The van der Waals surface area contributed by atoms with E-state index in [0.29, 0.717) is 16.8 Å². The Balaban J connectivity index is 1.95. The fraction of sp³-hybridized carbons (Fsp3) is 0.167. The van der Waals surface area contributed by atoms with E-state index in [1.165, 1.54) is 12.4 Å². The minimum Gasteiger partial charge on any atom is -0.478 e. The van der Waals surface area contributed by atoms with Gasteiger partial charge in [-0.2, -0.15) is 4.98 Å². The molecule has 110 valence electrons. The molecule has 8 nitrogen and oxygen atoms in total. The number of benzene rings is 1. The second kappa shape index (κ2) is 6.84. The lowest BCUT2D eigenvalue weighted by molar-refractivity contribution is 0.0698. The molecule has 0 radical (unpaired) electrons. The number of carboxylic acids is 1. The van der Waals surface area contributed by atoms with Crippen molar-refractivity contribution in [1.29, 1.82) is 0 Å². The third-order valence-corrected chi connectivity index (χ3v) is 3.17. The molecule has 0 fully saturated rings. The number of halogens is 1. The summed E-state index contributed by atoms with van der Waals surface area (Å²) in [6, 6.07) is 4.09. The van der Waals surface area contributed by atoms with Crippen LogP contribution in [0.1, 0.15) is 16.2 Å². The zero-order valence-electron chi connectivity index (χ0n) is 10.7. The van der Waals surface area contributed by atoms with Gasteiger partial charge in [0.2, 0.25) is 5.89 Å². The number of aromatic carboxylic acids is 1. The van der Waals surface area contributed by atoms with Crippen LogP contribution in [0.5, 0.6) is 0 Å². The van der Waals surface area contributed by atoms with Crippen LogP contribution in [0.3, 0.4) is 0 Å². The maximum absolute atomic E-state index is 11.8. The summed E-state index contributed by atoms with van der Waals surface area (Å²) in [4.78, 5) is 26.7. The van der Waals surface area contributed by atoms with Crippen molar-refractivity contribution in [1.82, 2.24) is 15.5 Å². The van der Waals surface area contributed by atoms with Crippen LogP contribution in [-0.2, 0) is 6.42 Å². The van der Waals surface area contributed by atoms with E-state index in [-0.39, 0.29) is 17.8 Å². The Morgan fingerprint density at radius 2 is 2.19 bits per heavy atom. The number of carbonyl (C=O) groups is 2. The van der Waals surface area contributed by atoms with Crippen molar-refractivity contribution in [2.75, 3.05) is 11.9 Å². The smallest absolute Gasteiger partial charge is 0.337 e. The average molecular weight is 355 g/mol. The van der Waals surface area contributed by atoms with Gasteiger partial charge in [-0.25, -0.2) is 9.59 Å². The van der Waals surface area contributed by atoms with Gasteiger partial charge in [-0.15, -0.1) is 0 Å². The summed E-state index contributed by atoms with van der Waals surface area (Å²) >= 11 is 3.20. The maximum Gasteiger partial charge on any atom is 0.337 e. The predicted molar refractivity (Wildman–Crippen MR) is 76.1 cm³/mol. The molecule has 2 aromatic rings. The lowest BCUT2D eigenvalue weighted by Crippen LogP contribution is -2.31. The molecule has 0 aliphatic rings. The monoisotopic (exact) mass is 354 g/mol. The highest BCUT2D eigenvalue weighted by Gasteiger charge is 2.15. The number of hydrogen-bond donors (Lipinski definition) is 3. The van der Waals surface area contributed by atoms with Gasteiger partial charge in [0.15, 0.2) is 6.33 Å². The number of urea groups is 1. The Bertz CT molecular complexity index is 645. The van der Waals surface area contributed by atoms with Crippen molar-refractivity contribution in [2.45, 2.75) is 6.42 Å². The number of para-hydroxylation sites is 1. The first-order valence-corrected chi connectivity index (χ1v) is 6.69. The summed E-state index contributed by atoms with van der Waals surface area (Å²) < 4.78 is 5.27. The van der Waals surface area contributed by atoms with Crippen LogP contribution in [0, 0.1) is 0 Å². The van der Waals surface area contributed by atoms with Crippen molar-refractivity contribution in [2.24, 2.45) is 0 Å². The van der Waals surface area contributed by atoms with Crippen molar-refractivity contribution < 1.29 is 19.2 Å². The van der Waals surface area contributed by atoms with Crippen molar-refractivity contribution in [3.05, 3.63) is 40.5 Å². The number of nitrogens with zero attached hydrogens (tertiary/aromatic N) is 2. The summed E-state index contributed by atoms with van der Waals surface area (Å²) in [5.41, 5.74) is 0.191. The zero-order chi connectivity index (χ0) is 15.2. The Morgan fingerprint density at radius 3 is 2.86 bits per heavy atom. The fourth-order valence-corrected chi connectivity index (χ4v) is 2.04. The fourth-order valence-electron chi connectivity index (χ4n) is 1.58. The van der Waals surface area contributed by atoms with Crippen LogP contribution in [0.2, 0.25) is 0 Å². The molecule has 0 aliphatic carbocycles. The van der Waals surface area contributed by atoms with Gasteiger partial charge in [0.25, 0.3) is 0 Å². The average Bonchev–Trinajstić information content (AvgIpc) is 2.94. The summed E-state index contributed by atoms with van der Waals surface area (Å²) in [5, 5.41) is 17.6. The molecule has 0 spiro atoms. The highest BCUT2D eigenvalue weighted by Crippen LogP contribution is 2.26. The van der Waals surface area contributed by atoms with E-state index in [0.717, 1.165) is 0 Å². The van der Waals surface area contributed by atoms with Crippen molar-refractivity contribution in [3.63, 3.8) is 0 Å². The molecule has 0 saturated heterocycles. The first-order valence-electron chi connectivity index (χ1n) is 5.90. The lowest BCUT2D eigenvalue weighted by Gasteiger charge is -2.11. The predicted octanol–water partition coefficient (Wildman–Crippen LogP) is 1.89. The minimum atomic E-state index is -1.13. The molecule has 0 unspecified atom stereocenters. The molecule has 0 atom stereocenters. The third kappa shape index (κ3) is 4.02. The Labute approximate surface area is 127 Å². The van der Waals surface area contributed by atoms with E-state index < -0.39 is 12.0 Å². The van der Waals surface area contributed by atoms with Crippen LogP contribution in [0.4, 0.5) is 10.5 Å². The van der Waals surface area contributed by atoms with Gasteiger partial charge in [-0.1, -0.05) is 11.2 Å². The number of rotatable bonds is 5. The molecule has 2 amide bonds. The summed E-state index contributed by atoms with van der Waals surface area (Å²) in [6.07, 6.45) is 1.66. The number of nitrogens with one attached hydrogen (secondary N) is 2. The van der Waals surface area contributed by atoms with Crippen molar-refractivity contribution in [3.8, 4) is 0 Å². The molecule has 0 saturated carbocycles. The van der Waals surface area contributed by atoms with Crippen LogP contribution in [0.25, 0.3) is 0 Å². The first-order chi connectivity index (χ1) is 10.1. The third-order valence-electron chi connectivity index (χ3n) is 2.51. The van der Waals surface area contributed by atoms with Crippen LogP contribution < -0.4 is 10.6 Å². The van der Waals surface area contributed by atoms with E-state index in [2.05, 4.69) is 36.7 Å².